The lowest BCUT2D eigenvalue weighted by molar-refractivity contribution is 0.447. The Morgan fingerprint density at radius 1 is 0.568 bits per heavy atom. The Hall–Kier alpha value is -4.30. The normalized spacial score (nSPS) is 14.1. The van der Waals surface area contributed by atoms with Gasteiger partial charge in [0.05, 0.1) is 5.41 Å². The number of hydrogen-bond acceptors (Lipinski definition) is 1. The van der Waals surface area contributed by atoms with Crippen LogP contribution in [0.3, 0.4) is 0 Å². The summed E-state index contributed by atoms with van der Waals surface area (Å²) in [6.07, 6.45) is 0. The first kappa shape index (κ1) is 20.9. The molecule has 0 aromatic heterocycles. The van der Waals surface area contributed by atoms with Crippen LogP contribution in [0.15, 0.2) is 109 Å². The molecule has 8 rings (SSSR count). The monoisotopic (exact) mass is 472 g/mol. The van der Waals surface area contributed by atoms with Gasteiger partial charge in [-0.3, -0.25) is 0 Å². The van der Waals surface area contributed by atoms with Crippen LogP contribution in [-0.4, -0.2) is 7.28 Å². The van der Waals surface area contributed by atoms with E-state index in [1.807, 2.05) is 0 Å². The van der Waals surface area contributed by atoms with Crippen molar-refractivity contribution in [3.8, 4) is 22.6 Å². The van der Waals surface area contributed by atoms with Crippen LogP contribution in [0, 0.1) is 6.92 Å². The van der Waals surface area contributed by atoms with Gasteiger partial charge >= 0.3 is 0 Å². The van der Waals surface area contributed by atoms with Gasteiger partial charge in [-0.2, -0.15) is 0 Å². The number of benzene rings is 6. The molecule has 2 heteroatoms. The predicted octanol–water partition coefficient (Wildman–Crippen LogP) is 7.88. The minimum atomic E-state index is -0.446. The van der Waals surface area contributed by atoms with E-state index >= 15 is 0 Å². The van der Waals surface area contributed by atoms with Gasteiger partial charge in [-0.25, -0.2) is 0 Å². The predicted molar refractivity (Wildman–Crippen MR) is 156 cm³/mol. The van der Waals surface area contributed by atoms with E-state index in [0.29, 0.717) is 0 Å². The van der Waals surface area contributed by atoms with Crippen molar-refractivity contribution in [3.63, 3.8) is 0 Å². The van der Waals surface area contributed by atoms with E-state index in [0.717, 1.165) is 29.6 Å². The Kier molecular flexibility index (Phi) is 4.15. The quantitative estimate of drug-likeness (QED) is 0.221. The van der Waals surface area contributed by atoms with Gasteiger partial charge in [-0.15, -0.1) is 0 Å². The molecule has 0 atom stereocenters. The van der Waals surface area contributed by atoms with Crippen molar-refractivity contribution >= 4 is 34.3 Å². The zero-order valence-corrected chi connectivity index (χ0v) is 21.0. The first-order valence-electron chi connectivity index (χ1n) is 13.2. The number of hydrogen-bond donors (Lipinski definition) is 0. The number of rotatable bonds is 1. The second-order valence-electron chi connectivity index (χ2n) is 10.5. The molecule has 1 nitrogen and oxygen atoms in total. The summed E-state index contributed by atoms with van der Waals surface area (Å²) in [5.41, 5.74) is 10.0. The highest BCUT2D eigenvalue weighted by Gasteiger charge is 2.51. The molecular formula is C35H25BO. The van der Waals surface area contributed by atoms with Crippen LogP contribution in [0.5, 0.6) is 11.5 Å². The van der Waals surface area contributed by atoms with Gasteiger partial charge in [0.1, 0.15) is 11.5 Å². The molecule has 0 N–H and O–H groups in total. The van der Waals surface area contributed by atoms with Gasteiger partial charge in [0.25, 0.3) is 0 Å². The lowest BCUT2D eigenvalue weighted by Gasteiger charge is -2.40. The molecule has 1 aliphatic carbocycles. The highest BCUT2D eigenvalue weighted by Crippen LogP contribution is 2.63. The van der Waals surface area contributed by atoms with Crippen LogP contribution in [0.2, 0.25) is 6.82 Å². The van der Waals surface area contributed by atoms with Crippen LogP contribution >= 0.6 is 0 Å². The summed E-state index contributed by atoms with van der Waals surface area (Å²) in [5.74, 6) is 1.95. The van der Waals surface area contributed by atoms with Gasteiger partial charge in [0, 0.05) is 21.9 Å². The molecule has 0 amide bonds. The summed E-state index contributed by atoms with van der Waals surface area (Å²) >= 11 is 0. The number of fused-ring (bicyclic) bond motifs is 13. The van der Waals surface area contributed by atoms with Crippen molar-refractivity contribution in [2.24, 2.45) is 0 Å². The number of aryl methyl sites for hydroxylation is 1. The molecule has 37 heavy (non-hydrogen) atoms. The SMILES string of the molecule is CBc1ccc2c(c1)C1(c3cc(C)ccc3-2)c2ccc3ccccc3c2Oc2c1ccc1ccccc21. The molecule has 1 heterocycles. The summed E-state index contributed by atoms with van der Waals surface area (Å²) in [4.78, 5) is 0. The summed E-state index contributed by atoms with van der Waals surface area (Å²) in [6, 6.07) is 40.4. The molecular weight excluding hydrogens is 447 g/mol. The van der Waals surface area contributed by atoms with Crippen LogP contribution in [-0.2, 0) is 5.41 Å². The van der Waals surface area contributed by atoms with E-state index in [1.165, 1.54) is 55.2 Å². The Labute approximate surface area is 217 Å². The Morgan fingerprint density at radius 2 is 1.14 bits per heavy atom. The van der Waals surface area contributed by atoms with Crippen molar-refractivity contribution in [2.45, 2.75) is 19.2 Å². The minimum absolute atomic E-state index is 0.446. The van der Waals surface area contributed by atoms with Crippen LogP contribution in [0.25, 0.3) is 32.7 Å². The molecule has 0 radical (unpaired) electrons. The molecule has 0 saturated heterocycles. The van der Waals surface area contributed by atoms with Gasteiger partial charge < -0.3 is 4.74 Å². The second-order valence-corrected chi connectivity index (χ2v) is 10.5. The third-order valence-corrected chi connectivity index (χ3v) is 8.54. The molecule has 0 fully saturated rings. The zero-order valence-electron chi connectivity index (χ0n) is 21.0. The van der Waals surface area contributed by atoms with Gasteiger partial charge in [0.15, 0.2) is 7.28 Å². The topological polar surface area (TPSA) is 9.23 Å². The maximum absolute atomic E-state index is 7.01. The second kappa shape index (κ2) is 7.37. The van der Waals surface area contributed by atoms with Crippen molar-refractivity contribution in [2.75, 3.05) is 0 Å². The molecule has 6 aromatic rings. The molecule has 0 bridgehead atoms. The third-order valence-electron chi connectivity index (χ3n) is 8.54. The fourth-order valence-corrected chi connectivity index (χ4v) is 6.83. The molecule has 6 aromatic carbocycles. The molecule has 1 spiro atoms. The van der Waals surface area contributed by atoms with E-state index in [4.69, 9.17) is 4.74 Å². The highest BCUT2D eigenvalue weighted by molar-refractivity contribution is 6.52. The van der Waals surface area contributed by atoms with Crippen molar-refractivity contribution in [1.29, 1.82) is 0 Å². The molecule has 0 saturated carbocycles. The minimum Gasteiger partial charge on any atom is -0.455 e. The first-order valence-corrected chi connectivity index (χ1v) is 13.2. The molecule has 2 aliphatic rings. The van der Waals surface area contributed by atoms with E-state index < -0.39 is 5.41 Å². The average molecular weight is 472 g/mol. The lowest BCUT2D eigenvalue weighted by Crippen LogP contribution is -2.33. The number of ether oxygens (including phenoxy) is 1. The maximum atomic E-state index is 7.01. The van der Waals surface area contributed by atoms with E-state index in [9.17, 15) is 0 Å². The first-order chi connectivity index (χ1) is 18.2. The molecule has 174 valence electrons. The third kappa shape index (κ3) is 2.60. The lowest BCUT2D eigenvalue weighted by atomic mass is 9.63. The summed E-state index contributed by atoms with van der Waals surface area (Å²) in [5, 5.41) is 4.72. The fraction of sp³-hybridized carbons (Fsp3) is 0.0857. The van der Waals surface area contributed by atoms with Gasteiger partial charge in [0.2, 0.25) is 0 Å². The smallest absolute Gasteiger partial charge is 0.154 e. The fourth-order valence-electron chi connectivity index (χ4n) is 6.83. The highest BCUT2D eigenvalue weighted by atomic mass is 16.5. The van der Waals surface area contributed by atoms with Gasteiger partial charge in [-0.1, -0.05) is 127 Å². The van der Waals surface area contributed by atoms with Gasteiger partial charge in [-0.05, 0) is 39.9 Å². The van der Waals surface area contributed by atoms with Crippen molar-refractivity contribution < 1.29 is 4.74 Å². The largest absolute Gasteiger partial charge is 0.455 e. The van der Waals surface area contributed by atoms with E-state index in [2.05, 4.69) is 123 Å². The summed E-state index contributed by atoms with van der Waals surface area (Å²) in [6.45, 7) is 4.45. The summed E-state index contributed by atoms with van der Waals surface area (Å²) in [7, 11) is 1.00. The van der Waals surface area contributed by atoms with Crippen molar-refractivity contribution in [3.05, 3.63) is 137 Å². The Bertz CT molecular complexity index is 1830. The summed E-state index contributed by atoms with van der Waals surface area (Å²) < 4.78 is 7.01. The van der Waals surface area contributed by atoms with Crippen LogP contribution in [0.4, 0.5) is 0 Å². The van der Waals surface area contributed by atoms with Crippen LogP contribution in [0.1, 0.15) is 27.8 Å². The standard InChI is InChI=1S/C35H25BO/c1-21-11-15-27-28-16-14-24(36-2)20-32(28)35(31(27)19-21)29-17-12-22-7-3-5-9-25(22)33(29)37-34-26-10-6-4-8-23(26)13-18-30(34)35/h3-20,36H,1-2H3. The Balaban J connectivity index is 1.63. The van der Waals surface area contributed by atoms with E-state index in [1.54, 1.807) is 0 Å². The molecule has 0 unspecified atom stereocenters. The zero-order chi connectivity index (χ0) is 24.7. The maximum Gasteiger partial charge on any atom is 0.154 e. The average Bonchev–Trinajstić information content (AvgIpc) is 3.22. The Morgan fingerprint density at radius 3 is 1.76 bits per heavy atom. The molecule has 1 aliphatic heterocycles. The van der Waals surface area contributed by atoms with Crippen molar-refractivity contribution in [1.82, 2.24) is 0 Å². The van der Waals surface area contributed by atoms with Crippen LogP contribution < -0.4 is 10.2 Å². The van der Waals surface area contributed by atoms with E-state index in [-0.39, 0.29) is 0 Å².